The van der Waals surface area contributed by atoms with Crippen LogP contribution in [0.2, 0.25) is 0 Å². The molecule has 1 amide bonds. The molecular weight excluding hydrogens is 296 g/mol. The average Bonchev–Trinajstić information content (AvgIpc) is 2.99. The summed E-state index contributed by atoms with van der Waals surface area (Å²) in [5.41, 5.74) is 1.40. The summed E-state index contributed by atoms with van der Waals surface area (Å²) in [5.74, 6) is 1.06. The van der Waals surface area contributed by atoms with Crippen LogP contribution in [0.15, 0.2) is 47.5 Å². The third-order valence-electron chi connectivity index (χ3n) is 2.98. The van der Waals surface area contributed by atoms with E-state index in [9.17, 15) is 4.79 Å². The summed E-state index contributed by atoms with van der Waals surface area (Å²) in [5, 5.41) is 9.37. The summed E-state index contributed by atoms with van der Waals surface area (Å²) < 4.78 is 4.88. The van der Waals surface area contributed by atoms with Gasteiger partial charge in [0.05, 0.1) is 5.56 Å². The van der Waals surface area contributed by atoms with E-state index in [4.69, 9.17) is 4.52 Å². The molecule has 8 nitrogen and oxygen atoms in total. The van der Waals surface area contributed by atoms with Gasteiger partial charge in [-0.2, -0.15) is 0 Å². The summed E-state index contributed by atoms with van der Waals surface area (Å²) in [6, 6.07) is 5.42. The van der Waals surface area contributed by atoms with Crippen molar-refractivity contribution in [2.24, 2.45) is 0 Å². The lowest BCUT2D eigenvalue weighted by Crippen LogP contribution is -2.13. The van der Waals surface area contributed by atoms with Gasteiger partial charge in [0.15, 0.2) is 5.82 Å². The zero-order valence-electron chi connectivity index (χ0n) is 12.4. The van der Waals surface area contributed by atoms with Crippen molar-refractivity contribution in [1.29, 1.82) is 0 Å². The standard InChI is InChI=1S/C15H14N6O2/c1-10-6-13(21-23-10)20-14(22)12-8-18-15(19-9-12)17-7-11-2-4-16-5-3-11/h2-6,8-9H,7H2,1H3,(H,17,18,19)(H,20,21,22). The molecule has 0 aromatic carbocycles. The van der Waals surface area contributed by atoms with Crippen molar-refractivity contribution in [2.75, 3.05) is 10.6 Å². The molecule has 0 spiro atoms. The first kappa shape index (κ1) is 14.6. The summed E-state index contributed by atoms with van der Waals surface area (Å²) in [6.07, 6.45) is 6.34. The molecule has 0 aliphatic rings. The highest BCUT2D eigenvalue weighted by Crippen LogP contribution is 2.09. The van der Waals surface area contributed by atoms with Gasteiger partial charge in [0.2, 0.25) is 5.95 Å². The number of hydrogen-bond donors (Lipinski definition) is 2. The molecule has 23 heavy (non-hydrogen) atoms. The summed E-state index contributed by atoms with van der Waals surface area (Å²) in [4.78, 5) is 24.2. The van der Waals surface area contributed by atoms with Gasteiger partial charge < -0.3 is 15.2 Å². The van der Waals surface area contributed by atoms with Gasteiger partial charge >= 0.3 is 0 Å². The van der Waals surface area contributed by atoms with Crippen LogP contribution in [0.3, 0.4) is 0 Å². The van der Waals surface area contributed by atoms with Crippen LogP contribution in [0.4, 0.5) is 11.8 Å². The van der Waals surface area contributed by atoms with Crippen molar-refractivity contribution in [2.45, 2.75) is 13.5 Å². The van der Waals surface area contributed by atoms with Crippen LogP contribution in [0.5, 0.6) is 0 Å². The summed E-state index contributed by atoms with van der Waals surface area (Å²) >= 11 is 0. The first-order valence-corrected chi connectivity index (χ1v) is 6.90. The van der Waals surface area contributed by atoms with E-state index in [1.807, 2.05) is 12.1 Å². The Hall–Kier alpha value is -3.29. The SMILES string of the molecule is Cc1cc(NC(=O)c2cnc(NCc3ccncc3)nc2)no1. The molecule has 3 aromatic rings. The van der Waals surface area contributed by atoms with Gasteiger partial charge in [-0.15, -0.1) is 0 Å². The highest BCUT2D eigenvalue weighted by atomic mass is 16.5. The Bertz CT molecular complexity index is 785. The van der Waals surface area contributed by atoms with Crippen molar-refractivity contribution in [3.05, 3.63) is 59.9 Å². The summed E-state index contributed by atoms with van der Waals surface area (Å²) in [6.45, 7) is 2.32. The van der Waals surface area contributed by atoms with Gasteiger partial charge in [-0.25, -0.2) is 9.97 Å². The van der Waals surface area contributed by atoms with Crippen molar-refractivity contribution in [3.8, 4) is 0 Å². The van der Waals surface area contributed by atoms with Gasteiger partial charge in [-0.3, -0.25) is 9.78 Å². The minimum absolute atomic E-state index is 0.333. The number of hydrogen-bond acceptors (Lipinski definition) is 7. The Kier molecular flexibility index (Phi) is 4.23. The number of carbonyl (C=O) groups is 1. The number of aromatic nitrogens is 4. The maximum atomic E-state index is 12.0. The lowest BCUT2D eigenvalue weighted by atomic mass is 10.3. The number of amides is 1. The Labute approximate surface area is 132 Å². The van der Waals surface area contributed by atoms with Crippen LogP contribution in [-0.4, -0.2) is 26.0 Å². The molecule has 3 rings (SSSR count). The molecule has 0 atom stereocenters. The monoisotopic (exact) mass is 310 g/mol. The van der Waals surface area contributed by atoms with E-state index in [1.165, 1.54) is 12.4 Å². The third-order valence-corrected chi connectivity index (χ3v) is 2.98. The van der Waals surface area contributed by atoms with Crippen molar-refractivity contribution < 1.29 is 9.32 Å². The quantitative estimate of drug-likeness (QED) is 0.742. The second-order valence-corrected chi connectivity index (χ2v) is 4.78. The van der Waals surface area contributed by atoms with Crippen LogP contribution in [0, 0.1) is 6.92 Å². The lowest BCUT2D eigenvalue weighted by Gasteiger charge is -2.05. The van der Waals surface area contributed by atoms with Crippen molar-refractivity contribution in [1.82, 2.24) is 20.1 Å². The average molecular weight is 310 g/mol. The van der Waals surface area contributed by atoms with Crippen LogP contribution >= 0.6 is 0 Å². The largest absolute Gasteiger partial charge is 0.360 e. The topological polar surface area (TPSA) is 106 Å². The van der Waals surface area contributed by atoms with Crippen LogP contribution in [0.25, 0.3) is 0 Å². The number of nitrogens with one attached hydrogen (secondary N) is 2. The zero-order chi connectivity index (χ0) is 16.1. The molecular formula is C15H14N6O2. The molecule has 2 N–H and O–H groups in total. The maximum Gasteiger partial charge on any atom is 0.260 e. The molecule has 3 aromatic heterocycles. The fourth-order valence-electron chi connectivity index (χ4n) is 1.83. The second-order valence-electron chi connectivity index (χ2n) is 4.78. The minimum atomic E-state index is -0.348. The number of carbonyl (C=O) groups excluding carboxylic acids is 1. The smallest absolute Gasteiger partial charge is 0.260 e. The van der Waals surface area contributed by atoms with E-state index in [2.05, 4.69) is 30.7 Å². The number of aryl methyl sites for hydroxylation is 1. The third kappa shape index (κ3) is 3.88. The maximum absolute atomic E-state index is 12.0. The molecule has 0 saturated heterocycles. The van der Waals surface area contributed by atoms with Gasteiger partial charge in [-0.05, 0) is 24.6 Å². The van der Waals surface area contributed by atoms with Crippen LogP contribution < -0.4 is 10.6 Å². The highest BCUT2D eigenvalue weighted by molar-refractivity contribution is 6.03. The molecule has 0 saturated carbocycles. The molecule has 0 aliphatic carbocycles. The molecule has 0 unspecified atom stereocenters. The van der Waals surface area contributed by atoms with Gasteiger partial charge in [-0.1, -0.05) is 5.16 Å². The first-order chi connectivity index (χ1) is 11.2. The van der Waals surface area contributed by atoms with Gasteiger partial charge in [0.25, 0.3) is 5.91 Å². The van der Waals surface area contributed by atoms with Crippen LogP contribution in [-0.2, 0) is 6.54 Å². The number of nitrogens with zero attached hydrogens (tertiary/aromatic N) is 4. The van der Waals surface area contributed by atoms with E-state index in [0.717, 1.165) is 5.56 Å². The normalized spacial score (nSPS) is 10.3. The molecule has 3 heterocycles. The van der Waals surface area contributed by atoms with E-state index in [-0.39, 0.29) is 5.91 Å². The minimum Gasteiger partial charge on any atom is -0.360 e. The first-order valence-electron chi connectivity index (χ1n) is 6.90. The Morgan fingerprint density at radius 3 is 2.61 bits per heavy atom. The molecule has 0 fully saturated rings. The predicted octanol–water partition coefficient (Wildman–Crippen LogP) is 2.03. The fourth-order valence-corrected chi connectivity index (χ4v) is 1.83. The molecule has 8 heteroatoms. The van der Waals surface area contributed by atoms with Crippen molar-refractivity contribution in [3.63, 3.8) is 0 Å². The molecule has 0 radical (unpaired) electrons. The highest BCUT2D eigenvalue weighted by Gasteiger charge is 2.10. The summed E-state index contributed by atoms with van der Waals surface area (Å²) in [7, 11) is 0. The number of pyridine rings is 1. The van der Waals surface area contributed by atoms with E-state index in [0.29, 0.717) is 29.6 Å². The van der Waals surface area contributed by atoms with Crippen molar-refractivity contribution >= 4 is 17.7 Å². The zero-order valence-corrected chi connectivity index (χ0v) is 12.4. The molecule has 0 bridgehead atoms. The van der Waals surface area contributed by atoms with E-state index < -0.39 is 0 Å². The Balaban J connectivity index is 1.59. The van der Waals surface area contributed by atoms with Gasteiger partial charge in [0, 0.05) is 37.4 Å². The van der Waals surface area contributed by atoms with Gasteiger partial charge in [0.1, 0.15) is 5.76 Å². The number of anilines is 2. The van der Waals surface area contributed by atoms with E-state index >= 15 is 0 Å². The molecule has 116 valence electrons. The number of rotatable bonds is 5. The Morgan fingerprint density at radius 2 is 1.96 bits per heavy atom. The fraction of sp³-hybridized carbons (Fsp3) is 0.133. The van der Waals surface area contributed by atoms with E-state index in [1.54, 1.807) is 25.4 Å². The second kappa shape index (κ2) is 6.65. The predicted molar refractivity (Wildman–Crippen MR) is 82.8 cm³/mol. The Morgan fingerprint density at radius 1 is 1.22 bits per heavy atom. The molecule has 0 aliphatic heterocycles. The lowest BCUT2D eigenvalue weighted by molar-refractivity contribution is 0.102. The van der Waals surface area contributed by atoms with Crippen LogP contribution in [0.1, 0.15) is 21.7 Å².